The van der Waals surface area contributed by atoms with Crippen molar-refractivity contribution in [3.63, 3.8) is 0 Å². The number of pyridine rings is 1. The highest BCUT2D eigenvalue weighted by Gasteiger charge is 2.13. The minimum absolute atomic E-state index is 0.276. The Morgan fingerprint density at radius 2 is 2.10 bits per heavy atom. The molecule has 3 heterocycles. The largest absolute Gasteiger partial charge is 0.348 e. The smallest absolute Gasteiger partial charge is 0.304 e. The second-order valence-electron chi connectivity index (χ2n) is 4.51. The predicted molar refractivity (Wildman–Crippen MR) is 74.3 cm³/mol. The zero-order valence-corrected chi connectivity index (χ0v) is 10.6. The van der Waals surface area contributed by atoms with Gasteiger partial charge in [-0.2, -0.15) is 4.52 Å². The number of nitrogens with one attached hydrogen (secondary N) is 1. The van der Waals surface area contributed by atoms with Gasteiger partial charge in [0.05, 0.1) is 5.52 Å². The Balaban J connectivity index is 2.08. The van der Waals surface area contributed by atoms with E-state index in [4.69, 9.17) is 0 Å². The number of nitrogens with zero attached hydrogens (tertiary/aromatic N) is 4. The van der Waals surface area contributed by atoms with Gasteiger partial charge < -0.3 is 4.98 Å². The molecule has 1 aromatic carbocycles. The fourth-order valence-corrected chi connectivity index (χ4v) is 2.21. The third kappa shape index (κ3) is 1.78. The van der Waals surface area contributed by atoms with Gasteiger partial charge in [-0.15, -0.1) is 5.10 Å². The molecule has 0 aliphatic heterocycles. The van der Waals surface area contributed by atoms with Crippen molar-refractivity contribution in [3.05, 3.63) is 58.9 Å². The third-order valence-corrected chi connectivity index (χ3v) is 3.14. The summed E-state index contributed by atoms with van der Waals surface area (Å²) < 4.78 is 14.4. The SMILES string of the molecule is O=c1[nH]c2cccnc2c2nc(-c3cccc(F)c3)nn12. The molecule has 0 aliphatic rings. The van der Waals surface area contributed by atoms with Crippen molar-refractivity contribution in [2.24, 2.45) is 0 Å². The summed E-state index contributed by atoms with van der Waals surface area (Å²) in [6.07, 6.45) is 1.61. The molecule has 0 radical (unpaired) electrons. The maximum absolute atomic E-state index is 13.3. The van der Waals surface area contributed by atoms with Crippen molar-refractivity contribution in [3.8, 4) is 11.4 Å². The van der Waals surface area contributed by atoms with Gasteiger partial charge in [0.1, 0.15) is 11.3 Å². The number of benzene rings is 1. The van der Waals surface area contributed by atoms with E-state index in [0.29, 0.717) is 22.2 Å². The number of hydrogen-bond acceptors (Lipinski definition) is 4. The molecule has 0 unspecified atom stereocenters. The van der Waals surface area contributed by atoms with Gasteiger partial charge in [-0.1, -0.05) is 12.1 Å². The van der Waals surface area contributed by atoms with Crippen molar-refractivity contribution >= 4 is 16.7 Å². The Morgan fingerprint density at radius 3 is 2.95 bits per heavy atom. The summed E-state index contributed by atoms with van der Waals surface area (Å²) in [7, 11) is 0. The van der Waals surface area contributed by atoms with Crippen LogP contribution in [0.1, 0.15) is 0 Å². The van der Waals surface area contributed by atoms with Crippen LogP contribution in [0.4, 0.5) is 4.39 Å². The fraction of sp³-hybridized carbons (Fsp3) is 0. The van der Waals surface area contributed by atoms with Gasteiger partial charge in [-0.05, 0) is 24.3 Å². The van der Waals surface area contributed by atoms with Crippen LogP contribution in [0.3, 0.4) is 0 Å². The number of halogens is 1. The number of rotatable bonds is 1. The van der Waals surface area contributed by atoms with Crippen LogP contribution in [0.2, 0.25) is 0 Å². The van der Waals surface area contributed by atoms with Crippen LogP contribution in [0.5, 0.6) is 0 Å². The van der Waals surface area contributed by atoms with E-state index in [9.17, 15) is 9.18 Å². The van der Waals surface area contributed by atoms with Gasteiger partial charge in [0.15, 0.2) is 11.5 Å². The molecular weight excluding hydrogens is 273 g/mol. The van der Waals surface area contributed by atoms with Crippen LogP contribution in [-0.4, -0.2) is 24.6 Å². The van der Waals surface area contributed by atoms with E-state index < -0.39 is 5.69 Å². The summed E-state index contributed by atoms with van der Waals surface area (Å²) >= 11 is 0. The lowest BCUT2D eigenvalue weighted by molar-refractivity contribution is 0.628. The molecule has 0 spiro atoms. The number of fused-ring (bicyclic) bond motifs is 3. The molecule has 6 nitrogen and oxygen atoms in total. The molecule has 4 rings (SSSR count). The molecule has 102 valence electrons. The standard InChI is InChI=1S/C14H8FN5O/c15-9-4-1-3-8(7-9)12-18-13-11-10(5-2-6-16-11)17-14(21)20(13)19-12/h1-7H,(H,17,21). The molecule has 0 aliphatic carbocycles. The van der Waals surface area contributed by atoms with Gasteiger partial charge in [-0.3, -0.25) is 4.98 Å². The van der Waals surface area contributed by atoms with Crippen LogP contribution in [0.15, 0.2) is 47.4 Å². The molecule has 1 N–H and O–H groups in total. The van der Waals surface area contributed by atoms with Crippen molar-refractivity contribution in [1.82, 2.24) is 24.6 Å². The highest BCUT2D eigenvalue weighted by atomic mass is 19.1. The molecule has 3 aromatic heterocycles. The van der Waals surface area contributed by atoms with E-state index in [-0.39, 0.29) is 11.6 Å². The Morgan fingerprint density at radius 1 is 1.19 bits per heavy atom. The van der Waals surface area contributed by atoms with E-state index in [1.165, 1.54) is 12.1 Å². The van der Waals surface area contributed by atoms with Crippen LogP contribution in [-0.2, 0) is 0 Å². The van der Waals surface area contributed by atoms with E-state index in [1.807, 2.05) is 0 Å². The lowest BCUT2D eigenvalue weighted by atomic mass is 10.2. The Hall–Kier alpha value is -3.09. The average Bonchev–Trinajstić information content (AvgIpc) is 2.93. The number of hydrogen-bond donors (Lipinski definition) is 1. The minimum atomic E-state index is -0.416. The molecular formula is C14H8FN5O. The normalized spacial score (nSPS) is 11.3. The van der Waals surface area contributed by atoms with Gasteiger partial charge in [0.25, 0.3) is 0 Å². The maximum Gasteiger partial charge on any atom is 0.348 e. The van der Waals surface area contributed by atoms with Crippen LogP contribution in [0, 0.1) is 5.82 Å². The van der Waals surface area contributed by atoms with Gasteiger partial charge >= 0.3 is 5.69 Å². The first-order valence-electron chi connectivity index (χ1n) is 6.22. The zero-order chi connectivity index (χ0) is 14.4. The quantitative estimate of drug-likeness (QED) is 0.577. The van der Waals surface area contributed by atoms with Crippen LogP contribution in [0.25, 0.3) is 28.1 Å². The van der Waals surface area contributed by atoms with Gasteiger partial charge in [-0.25, -0.2) is 14.2 Å². The Bertz CT molecular complexity index is 1040. The summed E-state index contributed by atoms with van der Waals surface area (Å²) in [6, 6.07) is 9.36. The molecule has 7 heteroatoms. The van der Waals surface area contributed by atoms with E-state index in [2.05, 4.69) is 20.1 Å². The maximum atomic E-state index is 13.3. The summed E-state index contributed by atoms with van der Waals surface area (Å²) in [5, 5.41) is 4.13. The third-order valence-electron chi connectivity index (χ3n) is 3.14. The molecule has 0 bridgehead atoms. The number of aromatic amines is 1. The van der Waals surface area contributed by atoms with Crippen molar-refractivity contribution < 1.29 is 4.39 Å². The van der Waals surface area contributed by atoms with E-state index >= 15 is 0 Å². The molecule has 21 heavy (non-hydrogen) atoms. The fourth-order valence-electron chi connectivity index (χ4n) is 2.21. The van der Waals surface area contributed by atoms with Crippen LogP contribution < -0.4 is 5.69 Å². The summed E-state index contributed by atoms with van der Waals surface area (Å²) in [6.45, 7) is 0. The topological polar surface area (TPSA) is 75.9 Å². The lowest BCUT2D eigenvalue weighted by Gasteiger charge is -1.96. The van der Waals surface area contributed by atoms with Crippen LogP contribution >= 0.6 is 0 Å². The minimum Gasteiger partial charge on any atom is -0.304 e. The highest BCUT2D eigenvalue weighted by molar-refractivity contribution is 5.87. The first-order chi connectivity index (χ1) is 10.2. The zero-order valence-electron chi connectivity index (χ0n) is 10.6. The number of H-pyrrole nitrogens is 1. The molecule has 0 amide bonds. The summed E-state index contributed by atoms with van der Waals surface area (Å²) in [5.41, 5.74) is 1.54. The summed E-state index contributed by atoms with van der Waals surface area (Å²) in [4.78, 5) is 23.2. The molecule has 0 saturated carbocycles. The van der Waals surface area contributed by atoms with Gasteiger partial charge in [0.2, 0.25) is 0 Å². The summed E-state index contributed by atoms with van der Waals surface area (Å²) in [5.74, 6) is -0.110. The van der Waals surface area contributed by atoms with Crippen molar-refractivity contribution in [1.29, 1.82) is 0 Å². The van der Waals surface area contributed by atoms with E-state index in [0.717, 1.165) is 4.52 Å². The Kier molecular flexibility index (Phi) is 2.34. The number of aromatic nitrogens is 5. The molecule has 4 aromatic rings. The van der Waals surface area contributed by atoms with Gasteiger partial charge in [0, 0.05) is 11.8 Å². The van der Waals surface area contributed by atoms with E-state index in [1.54, 1.807) is 30.5 Å². The lowest BCUT2D eigenvalue weighted by Crippen LogP contribution is -2.17. The first kappa shape index (κ1) is 11.7. The molecule has 0 saturated heterocycles. The highest BCUT2D eigenvalue weighted by Crippen LogP contribution is 2.19. The van der Waals surface area contributed by atoms with Crippen molar-refractivity contribution in [2.45, 2.75) is 0 Å². The first-order valence-corrected chi connectivity index (χ1v) is 6.22. The Labute approximate surface area is 116 Å². The average molecular weight is 281 g/mol. The monoisotopic (exact) mass is 281 g/mol. The second-order valence-corrected chi connectivity index (χ2v) is 4.51. The molecule has 0 fully saturated rings. The second kappa shape index (κ2) is 4.20. The predicted octanol–water partition coefficient (Wildman–Crippen LogP) is 1.77. The molecule has 0 atom stereocenters. The van der Waals surface area contributed by atoms with Crippen molar-refractivity contribution in [2.75, 3.05) is 0 Å².